The Morgan fingerprint density at radius 1 is 1.05 bits per heavy atom. The zero-order chi connectivity index (χ0) is 27.4. The van der Waals surface area contributed by atoms with Gasteiger partial charge in [-0.05, 0) is 51.7 Å². The van der Waals surface area contributed by atoms with Gasteiger partial charge in [-0.3, -0.25) is 4.79 Å². The number of carbonyl (C=O) groups excluding carboxylic acids is 2. The molecule has 4 atom stereocenters. The number of benzene rings is 1. The van der Waals surface area contributed by atoms with Crippen LogP contribution in [0.4, 0.5) is 0 Å². The van der Waals surface area contributed by atoms with Gasteiger partial charge in [0.2, 0.25) is 0 Å². The van der Waals surface area contributed by atoms with E-state index in [4.69, 9.17) is 23.7 Å². The Labute approximate surface area is 218 Å². The minimum absolute atomic E-state index is 0.0159. The Hall–Kier alpha value is -3.37. The number of amides is 1. The predicted octanol–water partition coefficient (Wildman–Crippen LogP) is 3.72. The van der Waals surface area contributed by atoms with Gasteiger partial charge in [-0.2, -0.15) is 0 Å². The lowest BCUT2D eigenvalue weighted by atomic mass is 9.93. The summed E-state index contributed by atoms with van der Waals surface area (Å²) in [4.78, 5) is 30.0. The van der Waals surface area contributed by atoms with E-state index in [1.54, 1.807) is 6.92 Å². The molecule has 0 aliphatic heterocycles. The summed E-state index contributed by atoms with van der Waals surface area (Å²) in [6.45, 7) is 8.53. The molecule has 1 aromatic heterocycles. The van der Waals surface area contributed by atoms with Crippen molar-refractivity contribution in [3.05, 3.63) is 48.3 Å². The number of rotatable bonds is 15. The lowest BCUT2D eigenvalue weighted by Crippen LogP contribution is -2.45. The fourth-order valence-electron chi connectivity index (χ4n) is 3.74. The quantitative estimate of drug-likeness (QED) is 0.268. The summed E-state index contributed by atoms with van der Waals surface area (Å²) in [5.74, 6) is -0.167. The van der Waals surface area contributed by atoms with Crippen molar-refractivity contribution in [1.29, 1.82) is 0 Å². The fourth-order valence-corrected chi connectivity index (χ4v) is 3.74. The summed E-state index contributed by atoms with van der Waals surface area (Å²) < 4.78 is 27.6. The second-order valence-corrected chi connectivity index (χ2v) is 8.53. The van der Waals surface area contributed by atoms with Gasteiger partial charge in [-0.1, -0.05) is 32.0 Å². The summed E-state index contributed by atoms with van der Waals surface area (Å²) >= 11 is 0. The molecule has 1 amide bonds. The largest absolute Gasteiger partial charge is 0.493 e. The molecule has 37 heavy (non-hydrogen) atoms. The molecule has 0 saturated heterocycles. The van der Waals surface area contributed by atoms with Crippen LogP contribution in [-0.2, 0) is 14.3 Å². The minimum atomic E-state index is -1.06. The lowest BCUT2D eigenvalue weighted by Gasteiger charge is -2.31. The Kier molecular flexibility index (Phi) is 12.1. The Bertz CT molecular complexity index is 982. The highest BCUT2D eigenvalue weighted by Gasteiger charge is 2.31. The number of aromatic nitrogens is 1. The number of aliphatic hydroxyl groups is 1. The number of methoxy groups -OCH3 is 1. The Morgan fingerprint density at radius 3 is 2.32 bits per heavy atom. The van der Waals surface area contributed by atoms with E-state index in [0.717, 1.165) is 12.8 Å². The van der Waals surface area contributed by atoms with Crippen molar-refractivity contribution < 1.29 is 38.4 Å². The van der Waals surface area contributed by atoms with Crippen molar-refractivity contribution in [3.63, 3.8) is 0 Å². The highest BCUT2D eigenvalue weighted by molar-refractivity contribution is 5.98. The number of nitrogens with one attached hydrogen (secondary N) is 1. The maximum Gasteiger partial charge on any atom is 0.328 e. The Morgan fingerprint density at radius 2 is 1.73 bits per heavy atom. The van der Waals surface area contributed by atoms with Gasteiger partial charge in [-0.25, -0.2) is 9.78 Å². The summed E-state index contributed by atoms with van der Waals surface area (Å²) in [6, 6.07) is 9.92. The number of nitrogens with zero attached hydrogens (tertiary/aromatic N) is 1. The SMILES string of the molecule is CCC(CC)[C@@H](Oc1ccccc1)[C@H](C)OC(=O)[C@H](C)NC(=O)c1nccc(OC)c1OCOC(C)O. The maximum absolute atomic E-state index is 13.0. The summed E-state index contributed by atoms with van der Waals surface area (Å²) in [7, 11) is 1.41. The molecule has 2 aromatic rings. The van der Waals surface area contributed by atoms with Gasteiger partial charge in [0.05, 0.1) is 7.11 Å². The van der Waals surface area contributed by atoms with Crippen LogP contribution in [-0.4, -0.2) is 60.4 Å². The highest BCUT2D eigenvalue weighted by atomic mass is 16.7. The number of aliphatic hydroxyl groups excluding tert-OH is 1. The topological polar surface area (TPSA) is 125 Å². The van der Waals surface area contributed by atoms with Crippen molar-refractivity contribution in [2.75, 3.05) is 13.9 Å². The van der Waals surface area contributed by atoms with Gasteiger partial charge in [0.15, 0.2) is 30.3 Å². The van der Waals surface area contributed by atoms with Crippen LogP contribution in [0.25, 0.3) is 0 Å². The highest BCUT2D eigenvalue weighted by Crippen LogP contribution is 2.30. The molecule has 0 saturated carbocycles. The van der Waals surface area contributed by atoms with Crippen LogP contribution in [0.15, 0.2) is 42.6 Å². The molecule has 0 aliphatic rings. The van der Waals surface area contributed by atoms with E-state index < -0.39 is 30.3 Å². The van der Waals surface area contributed by atoms with E-state index in [2.05, 4.69) is 24.1 Å². The molecule has 0 radical (unpaired) electrons. The van der Waals surface area contributed by atoms with Crippen molar-refractivity contribution in [2.45, 2.75) is 72.0 Å². The summed E-state index contributed by atoms with van der Waals surface area (Å²) in [5, 5.41) is 11.9. The molecule has 0 bridgehead atoms. The van der Waals surface area contributed by atoms with Crippen molar-refractivity contribution in [2.24, 2.45) is 5.92 Å². The predicted molar refractivity (Wildman–Crippen MR) is 136 cm³/mol. The number of hydrogen-bond acceptors (Lipinski definition) is 9. The van der Waals surface area contributed by atoms with Gasteiger partial charge >= 0.3 is 5.97 Å². The van der Waals surface area contributed by atoms with Crippen LogP contribution < -0.4 is 19.5 Å². The molecular weight excluding hydrogens is 480 g/mol. The number of para-hydroxylation sites is 1. The number of esters is 1. The van der Waals surface area contributed by atoms with E-state index in [0.29, 0.717) is 5.75 Å². The van der Waals surface area contributed by atoms with Gasteiger partial charge < -0.3 is 34.1 Å². The van der Waals surface area contributed by atoms with Gasteiger partial charge in [0, 0.05) is 12.3 Å². The Balaban J connectivity index is 2.10. The van der Waals surface area contributed by atoms with Gasteiger partial charge in [-0.15, -0.1) is 0 Å². The normalized spacial score (nSPS) is 14.3. The number of hydrogen-bond donors (Lipinski definition) is 2. The molecular formula is C27H38N2O8. The third kappa shape index (κ3) is 8.91. The number of pyridine rings is 1. The molecule has 1 aromatic carbocycles. The van der Waals surface area contributed by atoms with E-state index in [-0.39, 0.29) is 36.0 Å². The average Bonchev–Trinajstić information content (AvgIpc) is 2.88. The molecule has 2 N–H and O–H groups in total. The second kappa shape index (κ2) is 15.0. The van der Waals surface area contributed by atoms with Crippen LogP contribution in [0.1, 0.15) is 57.9 Å². The molecule has 0 spiro atoms. The minimum Gasteiger partial charge on any atom is -0.493 e. The van der Waals surface area contributed by atoms with Gasteiger partial charge in [0.25, 0.3) is 5.91 Å². The molecule has 10 heteroatoms. The van der Waals surface area contributed by atoms with Crippen LogP contribution in [0.2, 0.25) is 0 Å². The summed E-state index contributed by atoms with van der Waals surface area (Å²) in [6.07, 6.45) is 1.09. The lowest BCUT2D eigenvalue weighted by molar-refractivity contribution is -0.156. The third-order valence-electron chi connectivity index (χ3n) is 5.81. The maximum atomic E-state index is 13.0. The molecule has 0 aliphatic carbocycles. The molecule has 10 nitrogen and oxygen atoms in total. The monoisotopic (exact) mass is 518 g/mol. The summed E-state index contributed by atoms with van der Waals surface area (Å²) in [5.41, 5.74) is -0.108. The molecule has 2 rings (SSSR count). The van der Waals surface area contributed by atoms with Gasteiger partial charge in [0.1, 0.15) is 24.0 Å². The van der Waals surface area contributed by atoms with Crippen LogP contribution in [0.5, 0.6) is 17.2 Å². The van der Waals surface area contributed by atoms with E-state index >= 15 is 0 Å². The number of carbonyl (C=O) groups is 2. The molecule has 1 unspecified atom stereocenters. The second-order valence-electron chi connectivity index (χ2n) is 8.53. The first kappa shape index (κ1) is 29.9. The van der Waals surface area contributed by atoms with E-state index in [1.165, 1.54) is 33.2 Å². The van der Waals surface area contributed by atoms with Crippen molar-refractivity contribution >= 4 is 11.9 Å². The van der Waals surface area contributed by atoms with Crippen LogP contribution in [0.3, 0.4) is 0 Å². The first-order chi connectivity index (χ1) is 17.7. The molecule has 204 valence electrons. The van der Waals surface area contributed by atoms with E-state index in [9.17, 15) is 14.7 Å². The van der Waals surface area contributed by atoms with Crippen LogP contribution in [0, 0.1) is 5.92 Å². The number of ether oxygens (including phenoxy) is 5. The molecule has 0 fully saturated rings. The smallest absolute Gasteiger partial charge is 0.328 e. The fraction of sp³-hybridized carbons (Fsp3) is 0.519. The van der Waals surface area contributed by atoms with Crippen molar-refractivity contribution in [1.82, 2.24) is 10.3 Å². The first-order valence-corrected chi connectivity index (χ1v) is 12.4. The standard InChI is InChI=1S/C27H38N2O8/c1-7-20(8-2)24(37-21-12-10-9-11-13-21)18(4)36-27(32)17(3)29-26(31)23-25(35-16-34-19(5)30)22(33-6)14-15-28-23/h9-15,17-20,24,30H,7-8,16H2,1-6H3,(H,29,31)/t17-,18-,19?,24-/m0/s1. The van der Waals surface area contributed by atoms with Crippen molar-refractivity contribution in [3.8, 4) is 17.2 Å². The zero-order valence-electron chi connectivity index (χ0n) is 22.3. The zero-order valence-corrected chi connectivity index (χ0v) is 22.3. The average molecular weight is 519 g/mol. The molecule has 1 heterocycles. The van der Waals surface area contributed by atoms with Crippen LogP contribution >= 0.6 is 0 Å². The third-order valence-corrected chi connectivity index (χ3v) is 5.81. The first-order valence-electron chi connectivity index (χ1n) is 12.4. The van der Waals surface area contributed by atoms with E-state index in [1.807, 2.05) is 30.3 Å².